The molecule has 1 amide bonds. The van der Waals surface area contributed by atoms with Crippen LogP contribution in [0.3, 0.4) is 0 Å². The number of carbonyl (C=O) groups is 2. The first-order chi connectivity index (χ1) is 18.8. The van der Waals surface area contributed by atoms with Gasteiger partial charge < -0.3 is 29.3 Å². The molecule has 5 rings (SSSR count). The van der Waals surface area contributed by atoms with Crippen LogP contribution in [0.25, 0.3) is 5.76 Å². The Hall–Kier alpha value is -4.66. The van der Waals surface area contributed by atoms with Crippen LogP contribution >= 0.6 is 0 Å². The summed E-state index contributed by atoms with van der Waals surface area (Å²) in [7, 11) is 1.92. The van der Waals surface area contributed by atoms with Crippen molar-refractivity contribution >= 4 is 28.8 Å². The minimum absolute atomic E-state index is 0.0682. The second-order valence-electron chi connectivity index (χ2n) is 9.21. The van der Waals surface area contributed by atoms with Gasteiger partial charge in [-0.15, -0.1) is 0 Å². The van der Waals surface area contributed by atoms with Crippen LogP contribution in [0.4, 0.5) is 11.4 Å². The smallest absolute Gasteiger partial charge is 0.300 e. The number of carbonyl (C=O) groups excluding carboxylic acids is 2. The van der Waals surface area contributed by atoms with Crippen LogP contribution < -0.4 is 24.0 Å². The van der Waals surface area contributed by atoms with Crippen molar-refractivity contribution in [1.29, 1.82) is 0 Å². The monoisotopic (exact) mass is 530 g/mol. The van der Waals surface area contributed by atoms with Crippen LogP contribution in [0.1, 0.15) is 31.0 Å². The highest BCUT2D eigenvalue weighted by atomic mass is 16.5. The summed E-state index contributed by atoms with van der Waals surface area (Å²) in [4.78, 5) is 30.4. The largest absolute Gasteiger partial charge is 0.507 e. The number of amides is 1. The van der Waals surface area contributed by atoms with E-state index in [2.05, 4.69) is 0 Å². The van der Waals surface area contributed by atoms with Crippen LogP contribution in [0.2, 0.25) is 0 Å². The van der Waals surface area contributed by atoms with Crippen molar-refractivity contribution in [2.45, 2.75) is 19.9 Å². The maximum Gasteiger partial charge on any atom is 0.300 e. The van der Waals surface area contributed by atoms with Crippen molar-refractivity contribution < 1.29 is 34.0 Å². The van der Waals surface area contributed by atoms with E-state index in [1.54, 1.807) is 61.5 Å². The summed E-state index contributed by atoms with van der Waals surface area (Å²) in [6, 6.07) is 15.6. The number of anilines is 2. The van der Waals surface area contributed by atoms with Crippen LogP contribution in [-0.2, 0) is 9.59 Å². The number of hydrogen-bond acceptors (Lipinski definition) is 8. The Morgan fingerprint density at radius 1 is 1.00 bits per heavy atom. The van der Waals surface area contributed by atoms with Gasteiger partial charge in [0.25, 0.3) is 11.7 Å². The van der Waals surface area contributed by atoms with Gasteiger partial charge in [-0.3, -0.25) is 14.5 Å². The molecule has 1 saturated heterocycles. The quantitative estimate of drug-likeness (QED) is 0.258. The van der Waals surface area contributed by atoms with E-state index < -0.39 is 17.7 Å². The lowest BCUT2D eigenvalue weighted by atomic mass is 9.94. The molecular weight excluding hydrogens is 500 g/mol. The molecule has 0 aliphatic carbocycles. The van der Waals surface area contributed by atoms with Crippen LogP contribution in [0.15, 0.2) is 66.2 Å². The van der Waals surface area contributed by atoms with E-state index in [1.165, 1.54) is 11.0 Å². The molecule has 3 aromatic carbocycles. The molecule has 0 radical (unpaired) electrons. The SMILES string of the molecule is CCOc1ccc(N2C(=O)C(=O)/C(=C(/O)c3ccc4c(c3)N(C)CCO4)C2c2ccc(O)c(OCC)c2)cc1. The summed E-state index contributed by atoms with van der Waals surface area (Å²) >= 11 is 0. The van der Waals surface area contributed by atoms with E-state index in [9.17, 15) is 19.8 Å². The van der Waals surface area contributed by atoms with Gasteiger partial charge in [0.1, 0.15) is 23.9 Å². The molecule has 0 bridgehead atoms. The average Bonchev–Trinajstić information content (AvgIpc) is 3.20. The molecule has 2 aliphatic rings. The minimum atomic E-state index is -0.979. The summed E-state index contributed by atoms with van der Waals surface area (Å²) < 4.78 is 16.8. The first kappa shape index (κ1) is 26.0. The molecule has 202 valence electrons. The molecule has 0 aromatic heterocycles. The zero-order valence-electron chi connectivity index (χ0n) is 22.0. The van der Waals surface area contributed by atoms with E-state index in [1.807, 2.05) is 18.9 Å². The summed E-state index contributed by atoms with van der Waals surface area (Å²) in [5.41, 5.74) is 2.02. The van der Waals surface area contributed by atoms with Crippen molar-refractivity contribution in [3.05, 3.63) is 77.4 Å². The van der Waals surface area contributed by atoms with E-state index in [0.29, 0.717) is 54.7 Å². The Balaban J connectivity index is 1.68. The Morgan fingerprint density at radius 2 is 1.74 bits per heavy atom. The summed E-state index contributed by atoms with van der Waals surface area (Å²) in [5, 5.41) is 21.9. The number of rotatable bonds is 7. The number of hydrogen-bond donors (Lipinski definition) is 2. The molecular formula is C30H30N2O7. The summed E-state index contributed by atoms with van der Waals surface area (Å²) in [6.07, 6.45) is 0. The number of ketones is 1. The molecule has 1 unspecified atom stereocenters. The number of Topliss-reactive ketones (excluding diaryl/α,β-unsaturated/α-hetero) is 1. The molecule has 1 atom stereocenters. The van der Waals surface area contributed by atoms with Gasteiger partial charge in [-0.25, -0.2) is 0 Å². The topological polar surface area (TPSA) is 109 Å². The maximum atomic E-state index is 13.5. The van der Waals surface area contributed by atoms with Crippen molar-refractivity contribution in [3.8, 4) is 23.0 Å². The fraction of sp³-hybridized carbons (Fsp3) is 0.267. The van der Waals surface area contributed by atoms with Gasteiger partial charge in [-0.2, -0.15) is 0 Å². The molecule has 9 nitrogen and oxygen atoms in total. The fourth-order valence-corrected chi connectivity index (χ4v) is 4.91. The van der Waals surface area contributed by atoms with Crippen molar-refractivity contribution in [2.75, 3.05) is 43.2 Å². The normalized spacial score (nSPS) is 18.1. The van der Waals surface area contributed by atoms with Gasteiger partial charge >= 0.3 is 0 Å². The third-order valence-corrected chi connectivity index (χ3v) is 6.80. The number of aromatic hydroxyl groups is 1. The van der Waals surface area contributed by atoms with E-state index in [0.717, 1.165) is 5.69 Å². The van der Waals surface area contributed by atoms with E-state index in [-0.39, 0.29) is 22.8 Å². The molecule has 9 heteroatoms. The Morgan fingerprint density at radius 3 is 2.46 bits per heavy atom. The fourth-order valence-electron chi connectivity index (χ4n) is 4.91. The summed E-state index contributed by atoms with van der Waals surface area (Å²) in [5.74, 6) is -0.477. The molecule has 0 saturated carbocycles. The third-order valence-electron chi connectivity index (χ3n) is 6.80. The predicted octanol–water partition coefficient (Wildman–Crippen LogP) is 4.64. The molecule has 3 aromatic rings. The lowest BCUT2D eigenvalue weighted by Gasteiger charge is -2.28. The number of aliphatic hydroxyl groups excluding tert-OH is 1. The van der Waals surface area contributed by atoms with Gasteiger partial charge in [0.15, 0.2) is 11.5 Å². The standard InChI is InChI=1S/C30H30N2O7/c1-4-37-21-10-8-20(9-11-21)32-27(18-6-12-23(33)25(17-18)38-5-2)26(29(35)30(32)36)28(34)19-7-13-24-22(16-19)31(3)14-15-39-24/h6-13,16-17,27,33-34H,4-5,14-15H2,1-3H3/b28-26+. The Kier molecular flexibility index (Phi) is 7.06. The molecule has 2 aliphatic heterocycles. The number of aliphatic hydroxyl groups is 1. The Bertz CT molecular complexity index is 1450. The van der Waals surface area contributed by atoms with E-state index in [4.69, 9.17) is 14.2 Å². The third kappa shape index (κ3) is 4.71. The van der Waals surface area contributed by atoms with Gasteiger partial charge in [-0.05, 0) is 74.0 Å². The van der Waals surface area contributed by atoms with Gasteiger partial charge in [-0.1, -0.05) is 6.07 Å². The first-order valence-corrected chi connectivity index (χ1v) is 12.8. The molecule has 2 heterocycles. The number of nitrogens with zero attached hydrogens (tertiary/aromatic N) is 2. The number of benzene rings is 3. The van der Waals surface area contributed by atoms with Crippen LogP contribution in [-0.4, -0.2) is 55.3 Å². The lowest BCUT2D eigenvalue weighted by molar-refractivity contribution is -0.132. The van der Waals surface area contributed by atoms with Crippen LogP contribution in [0.5, 0.6) is 23.0 Å². The molecule has 1 fully saturated rings. The second-order valence-corrected chi connectivity index (χ2v) is 9.21. The van der Waals surface area contributed by atoms with Crippen molar-refractivity contribution in [3.63, 3.8) is 0 Å². The zero-order chi connectivity index (χ0) is 27.7. The molecule has 2 N–H and O–H groups in total. The van der Waals surface area contributed by atoms with Crippen LogP contribution in [0, 0.1) is 0 Å². The Labute approximate surface area is 226 Å². The van der Waals surface area contributed by atoms with Gasteiger partial charge in [0, 0.05) is 18.3 Å². The van der Waals surface area contributed by atoms with Crippen molar-refractivity contribution in [1.82, 2.24) is 0 Å². The number of likely N-dealkylation sites (N-methyl/N-ethyl adjacent to an activating group) is 1. The second kappa shape index (κ2) is 10.6. The predicted molar refractivity (Wildman–Crippen MR) is 147 cm³/mol. The van der Waals surface area contributed by atoms with E-state index >= 15 is 0 Å². The lowest BCUT2D eigenvalue weighted by Crippen LogP contribution is -2.29. The highest BCUT2D eigenvalue weighted by molar-refractivity contribution is 6.51. The van der Waals surface area contributed by atoms with Gasteiger partial charge in [0.05, 0.1) is 37.1 Å². The maximum absolute atomic E-state index is 13.5. The number of ether oxygens (including phenoxy) is 3. The molecule has 39 heavy (non-hydrogen) atoms. The highest BCUT2D eigenvalue weighted by Crippen LogP contribution is 2.45. The highest BCUT2D eigenvalue weighted by Gasteiger charge is 2.47. The number of fused-ring (bicyclic) bond motifs is 1. The number of phenolic OH excluding ortho intramolecular Hbond substituents is 1. The first-order valence-electron chi connectivity index (χ1n) is 12.8. The average molecular weight is 531 g/mol. The number of phenols is 1. The minimum Gasteiger partial charge on any atom is -0.507 e. The summed E-state index contributed by atoms with van der Waals surface area (Å²) in [6.45, 7) is 5.67. The van der Waals surface area contributed by atoms with Crippen molar-refractivity contribution in [2.24, 2.45) is 0 Å². The zero-order valence-corrected chi connectivity index (χ0v) is 22.0. The molecule has 0 spiro atoms. The van der Waals surface area contributed by atoms with Gasteiger partial charge in [0.2, 0.25) is 0 Å².